The number of hydrogen-bond donors (Lipinski definition) is 2. The Morgan fingerprint density at radius 3 is 2.55 bits per heavy atom. The van der Waals surface area contributed by atoms with E-state index >= 15 is 0 Å². The monoisotopic (exact) mass is 305 g/mol. The fourth-order valence-corrected chi connectivity index (χ4v) is 2.88. The number of carbonyl (C=O) groups is 1. The van der Waals surface area contributed by atoms with Crippen LogP contribution in [0.2, 0.25) is 0 Å². The van der Waals surface area contributed by atoms with Crippen molar-refractivity contribution in [1.82, 2.24) is 15.1 Å². The first-order chi connectivity index (χ1) is 10.6. The van der Waals surface area contributed by atoms with E-state index in [0.717, 1.165) is 19.6 Å². The number of likely N-dealkylation sites (tertiary alicyclic amines) is 1. The largest absolute Gasteiger partial charge is 0.378 e. The van der Waals surface area contributed by atoms with Crippen molar-refractivity contribution in [2.75, 3.05) is 40.3 Å². The van der Waals surface area contributed by atoms with E-state index in [1.807, 2.05) is 18.2 Å². The number of nitrogens with zero attached hydrogens (tertiary/aromatic N) is 2. The molecule has 0 aromatic heterocycles. The quantitative estimate of drug-likeness (QED) is 0.818. The van der Waals surface area contributed by atoms with Crippen molar-refractivity contribution in [2.45, 2.75) is 25.0 Å². The Morgan fingerprint density at radius 2 is 1.95 bits per heavy atom. The maximum absolute atomic E-state index is 11.9. The fraction of sp³-hybridized carbons (Fsp3) is 0.588. The summed E-state index contributed by atoms with van der Waals surface area (Å²) in [5.74, 6) is -0.325. The van der Waals surface area contributed by atoms with Crippen LogP contribution in [-0.4, -0.2) is 67.1 Å². The second-order valence-electron chi connectivity index (χ2n) is 6.14. The minimum absolute atomic E-state index is 0.325. The average molecular weight is 305 g/mol. The van der Waals surface area contributed by atoms with Crippen molar-refractivity contribution < 1.29 is 9.90 Å². The van der Waals surface area contributed by atoms with Gasteiger partial charge in [-0.05, 0) is 45.6 Å². The molecule has 1 aromatic carbocycles. The second-order valence-corrected chi connectivity index (χ2v) is 6.14. The summed E-state index contributed by atoms with van der Waals surface area (Å²) >= 11 is 0. The third-order valence-electron chi connectivity index (χ3n) is 4.38. The summed E-state index contributed by atoms with van der Waals surface area (Å²) in [6.07, 6.45) is 1.27. The van der Waals surface area contributed by atoms with Crippen LogP contribution >= 0.6 is 0 Å². The lowest BCUT2D eigenvalue weighted by Crippen LogP contribution is -2.44. The fourth-order valence-electron chi connectivity index (χ4n) is 2.88. The summed E-state index contributed by atoms with van der Waals surface area (Å²) < 4.78 is 0. The maximum atomic E-state index is 11.9. The number of aliphatic hydroxyl groups is 1. The molecular weight excluding hydrogens is 278 g/mol. The summed E-state index contributed by atoms with van der Waals surface area (Å²) in [7, 11) is 4.26. The van der Waals surface area contributed by atoms with Crippen molar-refractivity contribution in [3.8, 4) is 0 Å². The van der Waals surface area contributed by atoms with Gasteiger partial charge in [0.2, 0.25) is 0 Å². The van der Waals surface area contributed by atoms with Gasteiger partial charge in [0.25, 0.3) is 5.91 Å². The van der Waals surface area contributed by atoms with E-state index in [1.54, 1.807) is 12.1 Å². The molecule has 0 aliphatic carbocycles. The zero-order valence-electron chi connectivity index (χ0n) is 13.5. The molecule has 2 rings (SSSR count). The van der Waals surface area contributed by atoms with E-state index in [2.05, 4.69) is 29.2 Å². The first-order valence-corrected chi connectivity index (χ1v) is 7.97. The van der Waals surface area contributed by atoms with E-state index in [-0.39, 0.29) is 5.91 Å². The topological polar surface area (TPSA) is 55.8 Å². The number of hydrogen-bond acceptors (Lipinski definition) is 4. The highest BCUT2D eigenvalue weighted by Crippen LogP contribution is 2.14. The van der Waals surface area contributed by atoms with Crippen LogP contribution < -0.4 is 5.32 Å². The predicted molar refractivity (Wildman–Crippen MR) is 87.6 cm³/mol. The van der Waals surface area contributed by atoms with Crippen LogP contribution in [0.5, 0.6) is 0 Å². The number of benzene rings is 1. The molecule has 0 saturated carbocycles. The second kappa shape index (κ2) is 8.27. The van der Waals surface area contributed by atoms with Crippen LogP contribution in [0.25, 0.3) is 0 Å². The van der Waals surface area contributed by atoms with Gasteiger partial charge in [-0.25, -0.2) is 0 Å². The molecular formula is C17H27N3O2. The molecule has 1 amide bonds. The Balaban J connectivity index is 1.67. The molecule has 1 saturated heterocycles. The first kappa shape index (κ1) is 16.9. The molecule has 1 fully saturated rings. The van der Waals surface area contributed by atoms with Crippen molar-refractivity contribution >= 4 is 5.91 Å². The molecule has 1 unspecified atom stereocenters. The molecule has 1 heterocycles. The third kappa shape index (κ3) is 4.80. The SMILES string of the molecule is CN(C)C1CCN(CCNC(=O)C(O)c2ccccc2)CC1. The summed E-state index contributed by atoms with van der Waals surface area (Å²) in [6, 6.07) is 9.70. The molecule has 1 aromatic rings. The molecule has 1 atom stereocenters. The molecule has 5 nitrogen and oxygen atoms in total. The van der Waals surface area contributed by atoms with E-state index in [1.165, 1.54) is 12.8 Å². The Labute approximate surface area is 132 Å². The number of nitrogens with one attached hydrogen (secondary N) is 1. The molecule has 22 heavy (non-hydrogen) atoms. The first-order valence-electron chi connectivity index (χ1n) is 7.97. The lowest BCUT2D eigenvalue weighted by molar-refractivity contribution is -0.129. The number of rotatable bonds is 6. The molecule has 2 N–H and O–H groups in total. The molecule has 0 radical (unpaired) electrons. The third-order valence-corrected chi connectivity index (χ3v) is 4.38. The zero-order valence-corrected chi connectivity index (χ0v) is 13.5. The lowest BCUT2D eigenvalue weighted by atomic mass is 10.0. The summed E-state index contributed by atoms with van der Waals surface area (Å²) in [5, 5.41) is 12.8. The average Bonchev–Trinajstić information content (AvgIpc) is 2.55. The van der Waals surface area contributed by atoms with Crippen LogP contribution in [0.4, 0.5) is 0 Å². The van der Waals surface area contributed by atoms with Gasteiger partial charge in [0.05, 0.1) is 0 Å². The maximum Gasteiger partial charge on any atom is 0.253 e. The van der Waals surface area contributed by atoms with E-state index < -0.39 is 6.10 Å². The predicted octanol–water partition coefficient (Wildman–Crippen LogP) is 0.862. The van der Waals surface area contributed by atoms with Gasteiger partial charge in [-0.3, -0.25) is 4.79 Å². The zero-order chi connectivity index (χ0) is 15.9. The molecule has 0 spiro atoms. The van der Waals surface area contributed by atoms with Gasteiger partial charge in [0.15, 0.2) is 6.10 Å². The standard InChI is InChI=1S/C17H27N3O2/c1-19(2)15-8-11-20(12-9-15)13-10-18-17(22)16(21)14-6-4-3-5-7-14/h3-7,15-16,21H,8-13H2,1-2H3,(H,18,22). The van der Waals surface area contributed by atoms with E-state index in [0.29, 0.717) is 18.2 Å². The number of piperidine rings is 1. The smallest absolute Gasteiger partial charge is 0.253 e. The molecule has 1 aliphatic rings. The number of amides is 1. The lowest BCUT2D eigenvalue weighted by Gasteiger charge is -2.35. The van der Waals surface area contributed by atoms with Gasteiger partial charge in [-0.2, -0.15) is 0 Å². The van der Waals surface area contributed by atoms with E-state index in [9.17, 15) is 9.90 Å². The van der Waals surface area contributed by atoms with Gasteiger partial charge >= 0.3 is 0 Å². The highest BCUT2D eigenvalue weighted by molar-refractivity contribution is 5.81. The van der Waals surface area contributed by atoms with Crippen molar-refractivity contribution in [1.29, 1.82) is 0 Å². The number of aliphatic hydroxyl groups excluding tert-OH is 1. The van der Waals surface area contributed by atoms with Crippen LogP contribution in [0.1, 0.15) is 24.5 Å². The molecule has 122 valence electrons. The highest BCUT2D eigenvalue weighted by atomic mass is 16.3. The minimum Gasteiger partial charge on any atom is -0.378 e. The Hall–Kier alpha value is -1.43. The van der Waals surface area contributed by atoms with Crippen molar-refractivity contribution in [2.24, 2.45) is 0 Å². The number of carbonyl (C=O) groups excluding carboxylic acids is 1. The van der Waals surface area contributed by atoms with Crippen molar-refractivity contribution in [3.05, 3.63) is 35.9 Å². The van der Waals surface area contributed by atoms with Crippen molar-refractivity contribution in [3.63, 3.8) is 0 Å². The van der Waals surface area contributed by atoms with Gasteiger partial charge in [-0.1, -0.05) is 30.3 Å². The van der Waals surface area contributed by atoms with Gasteiger partial charge in [0.1, 0.15) is 0 Å². The van der Waals surface area contributed by atoms with Crippen LogP contribution in [0.3, 0.4) is 0 Å². The van der Waals surface area contributed by atoms with Gasteiger partial charge in [0, 0.05) is 19.1 Å². The Kier molecular flexibility index (Phi) is 6.36. The Morgan fingerprint density at radius 1 is 1.32 bits per heavy atom. The van der Waals surface area contributed by atoms with Crippen LogP contribution in [0, 0.1) is 0 Å². The van der Waals surface area contributed by atoms with Gasteiger partial charge in [-0.15, -0.1) is 0 Å². The van der Waals surface area contributed by atoms with Gasteiger partial charge < -0.3 is 20.2 Å². The summed E-state index contributed by atoms with van der Waals surface area (Å²) in [5.41, 5.74) is 0.631. The molecule has 5 heteroatoms. The molecule has 0 bridgehead atoms. The summed E-state index contributed by atoms with van der Waals surface area (Å²) in [4.78, 5) is 16.6. The minimum atomic E-state index is -1.08. The normalized spacial score (nSPS) is 18.4. The van der Waals surface area contributed by atoms with Crippen LogP contribution in [-0.2, 0) is 4.79 Å². The highest BCUT2D eigenvalue weighted by Gasteiger charge is 2.21. The summed E-state index contributed by atoms with van der Waals surface area (Å²) in [6.45, 7) is 3.56. The molecule has 1 aliphatic heterocycles. The Bertz CT molecular complexity index is 456. The van der Waals surface area contributed by atoms with E-state index in [4.69, 9.17) is 0 Å². The van der Waals surface area contributed by atoms with Crippen LogP contribution in [0.15, 0.2) is 30.3 Å².